The van der Waals surface area contributed by atoms with E-state index >= 15 is 0 Å². The number of esters is 1. The summed E-state index contributed by atoms with van der Waals surface area (Å²) in [6.45, 7) is 3.58. The molecule has 0 saturated carbocycles. The molecule has 6 heteroatoms. The van der Waals surface area contributed by atoms with Crippen LogP contribution in [0.15, 0.2) is 12.4 Å². The van der Waals surface area contributed by atoms with Gasteiger partial charge in [0.15, 0.2) is 0 Å². The van der Waals surface area contributed by atoms with E-state index in [2.05, 4.69) is 15.0 Å². The van der Waals surface area contributed by atoms with Crippen LogP contribution in [-0.2, 0) is 21.4 Å². The van der Waals surface area contributed by atoms with Gasteiger partial charge < -0.3 is 14.6 Å². The molecular formula is C10H15N3O3. The van der Waals surface area contributed by atoms with E-state index in [0.717, 1.165) is 0 Å². The third-order valence-corrected chi connectivity index (χ3v) is 2.05. The second kappa shape index (κ2) is 5.29. The third-order valence-electron chi connectivity index (χ3n) is 2.05. The predicted octanol–water partition coefficient (Wildman–Crippen LogP) is 0.160. The van der Waals surface area contributed by atoms with Gasteiger partial charge in [0.25, 0.3) is 0 Å². The summed E-state index contributed by atoms with van der Waals surface area (Å²) in [5.74, 6) is -0.946. The van der Waals surface area contributed by atoms with E-state index in [9.17, 15) is 9.59 Å². The molecule has 0 spiro atoms. The van der Waals surface area contributed by atoms with Gasteiger partial charge >= 0.3 is 11.9 Å². The molecule has 1 aromatic rings. The van der Waals surface area contributed by atoms with Crippen LogP contribution in [0.3, 0.4) is 0 Å². The van der Waals surface area contributed by atoms with E-state index < -0.39 is 11.9 Å². The molecule has 1 N–H and O–H groups in total. The van der Waals surface area contributed by atoms with Crippen molar-refractivity contribution in [2.75, 3.05) is 6.61 Å². The second-order valence-corrected chi connectivity index (χ2v) is 3.31. The van der Waals surface area contributed by atoms with Crippen LogP contribution in [0.1, 0.15) is 25.7 Å². The molecule has 0 aromatic carbocycles. The Balaban J connectivity index is 2.58. The molecule has 0 aliphatic rings. The highest BCUT2D eigenvalue weighted by atomic mass is 16.5. The zero-order chi connectivity index (χ0) is 12.1. The number of nitrogens with one attached hydrogen (secondary N) is 1. The highest BCUT2D eigenvalue weighted by Gasteiger charge is 2.19. The van der Waals surface area contributed by atoms with Crippen molar-refractivity contribution >= 4 is 11.9 Å². The molecule has 0 aliphatic heterocycles. The lowest BCUT2D eigenvalue weighted by Gasteiger charge is -2.12. The first kappa shape index (κ1) is 12.2. The maximum absolute atomic E-state index is 11.3. The van der Waals surface area contributed by atoms with Gasteiger partial charge in [-0.15, -0.1) is 0 Å². The minimum atomic E-state index is -0.872. The van der Waals surface area contributed by atoms with Crippen molar-refractivity contribution in [3.8, 4) is 0 Å². The van der Waals surface area contributed by atoms with Crippen molar-refractivity contribution in [3.05, 3.63) is 18.2 Å². The first-order chi connectivity index (χ1) is 7.56. The molecule has 1 heterocycles. The molecular weight excluding hydrogens is 210 g/mol. The lowest BCUT2D eigenvalue weighted by molar-refractivity contribution is -0.154. The molecule has 0 bridgehead atoms. The Morgan fingerprint density at radius 3 is 2.81 bits per heavy atom. The summed E-state index contributed by atoms with van der Waals surface area (Å²) < 4.78 is 6.35. The normalized spacial score (nSPS) is 11.9. The van der Waals surface area contributed by atoms with Crippen LogP contribution in [-0.4, -0.2) is 28.0 Å². The van der Waals surface area contributed by atoms with E-state index in [4.69, 9.17) is 0 Å². The Morgan fingerprint density at radius 2 is 2.31 bits per heavy atom. The molecule has 0 fully saturated rings. The average molecular weight is 225 g/mol. The molecule has 88 valence electrons. The minimum absolute atomic E-state index is 0.184. The monoisotopic (exact) mass is 225 g/mol. The van der Waals surface area contributed by atoms with Crippen LogP contribution in [0.25, 0.3) is 0 Å². The number of carbonyl (C=O) groups is 2. The number of aromatic nitrogens is 2. The molecule has 1 rings (SSSR count). The van der Waals surface area contributed by atoms with E-state index in [0.29, 0.717) is 5.82 Å². The van der Waals surface area contributed by atoms with Crippen LogP contribution < -0.4 is 5.32 Å². The van der Waals surface area contributed by atoms with Gasteiger partial charge in [0.1, 0.15) is 5.82 Å². The smallest absolute Gasteiger partial charge is 0.396 e. The van der Waals surface area contributed by atoms with Gasteiger partial charge in [-0.05, 0) is 13.8 Å². The van der Waals surface area contributed by atoms with Crippen LogP contribution in [0.2, 0.25) is 0 Å². The quantitative estimate of drug-likeness (QED) is 0.587. The molecule has 0 radical (unpaired) electrons. The number of hydrogen-bond donors (Lipinski definition) is 1. The predicted molar refractivity (Wildman–Crippen MR) is 56.4 cm³/mol. The number of amides is 1. The van der Waals surface area contributed by atoms with Gasteiger partial charge in [-0.2, -0.15) is 0 Å². The minimum Gasteiger partial charge on any atom is -0.459 e. The van der Waals surface area contributed by atoms with Crippen LogP contribution in [0.4, 0.5) is 0 Å². The second-order valence-electron chi connectivity index (χ2n) is 3.31. The van der Waals surface area contributed by atoms with Gasteiger partial charge in [0.05, 0.1) is 12.6 Å². The van der Waals surface area contributed by atoms with Gasteiger partial charge in [0.2, 0.25) is 0 Å². The lowest BCUT2D eigenvalue weighted by atomic mass is 10.3. The summed E-state index contributed by atoms with van der Waals surface area (Å²) in [6.07, 6.45) is 3.39. The van der Waals surface area contributed by atoms with Gasteiger partial charge in [-0.1, -0.05) is 0 Å². The first-order valence-corrected chi connectivity index (χ1v) is 5.01. The highest BCUT2D eigenvalue weighted by Crippen LogP contribution is 2.07. The highest BCUT2D eigenvalue weighted by molar-refractivity contribution is 6.32. The Bertz CT molecular complexity index is 386. The maximum Gasteiger partial charge on any atom is 0.396 e. The molecule has 1 unspecified atom stereocenters. The molecule has 1 aromatic heterocycles. The summed E-state index contributed by atoms with van der Waals surface area (Å²) in [6, 6.07) is -0.336. The summed E-state index contributed by atoms with van der Waals surface area (Å²) >= 11 is 0. The number of hydrogen-bond acceptors (Lipinski definition) is 4. The van der Waals surface area contributed by atoms with Crippen LogP contribution in [0, 0.1) is 0 Å². The number of aryl methyl sites for hydroxylation is 1. The molecule has 6 nitrogen and oxygen atoms in total. The third kappa shape index (κ3) is 2.82. The number of nitrogens with zero attached hydrogens (tertiary/aromatic N) is 2. The van der Waals surface area contributed by atoms with Crippen molar-refractivity contribution in [3.63, 3.8) is 0 Å². The van der Waals surface area contributed by atoms with E-state index in [1.54, 1.807) is 30.8 Å². The molecule has 0 aliphatic carbocycles. The Hall–Kier alpha value is -1.85. The fraction of sp³-hybridized carbons (Fsp3) is 0.500. The van der Waals surface area contributed by atoms with Gasteiger partial charge in [0, 0.05) is 19.4 Å². The number of ether oxygens (including phenoxy) is 1. The SMILES string of the molecule is CCOC(=O)C(=O)NC(C)c1nccn1C. The maximum atomic E-state index is 11.3. The molecule has 1 atom stereocenters. The van der Waals surface area contributed by atoms with Crippen LogP contribution in [0.5, 0.6) is 0 Å². The summed E-state index contributed by atoms with van der Waals surface area (Å²) in [5, 5.41) is 2.51. The van der Waals surface area contributed by atoms with E-state index in [1.165, 1.54) is 0 Å². The summed E-state index contributed by atoms with van der Waals surface area (Å²) in [7, 11) is 1.81. The van der Waals surface area contributed by atoms with Crippen LogP contribution >= 0.6 is 0 Å². The van der Waals surface area contributed by atoms with Crippen molar-refractivity contribution in [1.82, 2.24) is 14.9 Å². The number of rotatable bonds is 3. The largest absolute Gasteiger partial charge is 0.459 e. The average Bonchev–Trinajstić information content (AvgIpc) is 2.64. The standard InChI is InChI=1S/C10H15N3O3/c1-4-16-10(15)9(14)12-7(2)8-11-5-6-13(8)3/h5-7H,4H2,1-3H3,(H,12,14). The van der Waals surface area contributed by atoms with Gasteiger partial charge in [-0.3, -0.25) is 4.79 Å². The van der Waals surface area contributed by atoms with E-state index in [-0.39, 0.29) is 12.6 Å². The molecule has 0 saturated heterocycles. The first-order valence-electron chi connectivity index (χ1n) is 5.01. The topological polar surface area (TPSA) is 73.2 Å². The zero-order valence-corrected chi connectivity index (χ0v) is 9.56. The number of carbonyl (C=O) groups excluding carboxylic acids is 2. The summed E-state index contributed by atoms with van der Waals surface area (Å²) in [4.78, 5) is 26.5. The fourth-order valence-corrected chi connectivity index (χ4v) is 1.31. The van der Waals surface area contributed by atoms with Crippen molar-refractivity contribution in [1.29, 1.82) is 0 Å². The zero-order valence-electron chi connectivity index (χ0n) is 9.56. The van der Waals surface area contributed by atoms with Crippen molar-refractivity contribution in [2.45, 2.75) is 19.9 Å². The van der Waals surface area contributed by atoms with Crippen molar-refractivity contribution < 1.29 is 14.3 Å². The molecule has 1 amide bonds. The Labute approximate surface area is 93.6 Å². The Kier molecular flexibility index (Phi) is 4.04. The molecule has 16 heavy (non-hydrogen) atoms. The number of imidazole rings is 1. The Morgan fingerprint density at radius 1 is 1.62 bits per heavy atom. The lowest BCUT2D eigenvalue weighted by Crippen LogP contribution is -2.35. The van der Waals surface area contributed by atoms with Crippen molar-refractivity contribution in [2.24, 2.45) is 7.05 Å². The van der Waals surface area contributed by atoms with E-state index in [1.807, 2.05) is 7.05 Å². The fourth-order valence-electron chi connectivity index (χ4n) is 1.31. The van der Waals surface area contributed by atoms with Gasteiger partial charge in [-0.25, -0.2) is 9.78 Å². The summed E-state index contributed by atoms with van der Waals surface area (Å²) in [5.41, 5.74) is 0.